The molecule has 0 aliphatic carbocycles. The van der Waals surface area contributed by atoms with E-state index >= 15 is 0 Å². The van der Waals surface area contributed by atoms with E-state index in [0.29, 0.717) is 16.1 Å². The van der Waals surface area contributed by atoms with Gasteiger partial charge in [0.05, 0.1) is 21.5 Å². The van der Waals surface area contributed by atoms with Gasteiger partial charge in [-0.25, -0.2) is 0 Å². The second kappa shape index (κ2) is 6.77. The Hall–Kier alpha value is -0.770. The molecule has 0 bridgehead atoms. The molecular formula is C17H24Cl2N2O. The number of benzene rings is 1. The molecule has 0 unspecified atom stereocenters. The van der Waals surface area contributed by atoms with Crippen molar-refractivity contribution in [3.63, 3.8) is 0 Å². The Morgan fingerprint density at radius 1 is 1.32 bits per heavy atom. The summed E-state index contributed by atoms with van der Waals surface area (Å²) < 4.78 is 0. The van der Waals surface area contributed by atoms with Crippen LogP contribution >= 0.6 is 23.2 Å². The van der Waals surface area contributed by atoms with Gasteiger partial charge in [0.15, 0.2) is 0 Å². The van der Waals surface area contributed by atoms with Gasteiger partial charge in [-0.05, 0) is 52.3 Å². The highest BCUT2D eigenvalue weighted by Crippen LogP contribution is 2.33. The number of likely N-dealkylation sites (tertiary alicyclic amines) is 1. The highest BCUT2D eigenvalue weighted by molar-refractivity contribution is 6.42. The van der Waals surface area contributed by atoms with E-state index in [2.05, 4.69) is 24.2 Å². The molecular weight excluding hydrogens is 319 g/mol. The SMILES string of the molecule is C[C@@H]1CC[C@H](C(=O)NC(C)(C)c2cccc(Cl)c2Cl)CN1C. The number of carbonyl (C=O) groups excluding carboxylic acids is 1. The third kappa shape index (κ3) is 3.76. The molecule has 1 aliphatic heterocycles. The summed E-state index contributed by atoms with van der Waals surface area (Å²) >= 11 is 12.4. The summed E-state index contributed by atoms with van der Waals surface area (Å²) in [5, 5.41) is 4.15. The quantitative estimate of drug-likeness (QED) is 0.897. The number of carbonyl (C=O) groups is 1. The third-order valence-electron chi connectivity index (χ3n) is 4.63. The second-order valence-electron chi connectivity index (χ2n) is 6.78. The number of piperidine rings is 1. The molecule has 1 saturated heterocycles. The van der Waals surface area contributed by atoms with Crippen LogP contribution in [0, 0.1) is 5.92 Å². The van der Waals surface area contributed by atoms with Crippen molar-refractivity contribution in [1.82, 2.24) is 10.2 Å². The standard InChI is InChI=1S/C17H24Cl2N2O/c1-11-8-9-12(10-21(11)4)16(22)20-17(2,3)13-6-5-7-14(18)15(13)19/h5-7,11-12H,8-10H2,1-4H3,(H,20,22)/t11-,12+/m1/s1. The van der Waals surface area contributed by atoms with Gasteiger partial charge >= 0.3 is 0 Å². The van der Waals surface area contributed by atoms with Crippen LogP contribution < -0.4 is 5.32 Å². The lowest BCUT2D eigenvalue weighted by molar-refractivity contribution is -0.128. The molecule has 22 heavy (non-hydrogen) atoms. The van der Waals surface area contributed by atoms with Gasteiger partial charge in [-0.2, -0.15) is 0 Å². The number of hydrogen-bond acceptors (Lipinski definition) is 2. The Kier molecular flexibility index (Phi) is 5.41. The van der Waals surface area contributed by atoms with E-state index in [9.17, 15) is 4.79 Å². The topological polar surface area (TPSA) is 32.3 Å². The van der Waals surface area contributed by atoms with Crippen molar-refractivity contribution in [3.05, 3.63) is 33.8 Å². The maximum absolute atomic E-state index is 12.6. The molecule has 5 heteroatoms. The lowest BCUT2D eigenvalue weighted by atomic mass is 9.90. The van der Waals surface area contributed by atoms with E-state index in [-0.39, 0.29) is 11.8 Å². The Bertz CT molecular complexity index is 560. The summed E-state index contributed by atoms with van der Waals surface area (Å²) in [5.74, 6) is 0.109. The van der Waals surface area contributed by atoms with Crippen molar-refractivity contribution in [2.75, 3.05) is 13.6 Å². The van der Waals surface area contributed by atoms with Crippen LogP contribution in [0.5, 0.6) is 0 Å². The second-order valence-corrected chi connectivity index (χ2v) is 7.56. The first-order chi connectivity index (χ1) is 10.2. The van der Waals surface area contributed by atoms with Crippen molar-refractivity contribution < 1.29 is 4.79 Å². The molecule has 1 aliphatic rings. The van der Waals surface area contributed by atoms with Gasteiger partial charge in [0.2, 0.25) is 5.91 Å². The predicted octanol–water partition coefficient (Wildman–Crippen LogP) is 4.08. The maximum Gasteiger partial charge on any atom is 0.225 e. The molecule has 2 atom stereocenters. The van der Waals surface area contributed by atoms with Crippen LogP contribution in [0.4, 0.5) is 0 Å². The number of nitrogens with one attached hydrogen (secondary N) is 1. The monoisotopic (exact) mass is 342 g/mol. The molecule has 3 nitrogen and oxygen atoms in total. The van der Waals surface area contributed by atoms with Gasteiger partial charge < -0.3 is 10.2 Å². The van der Waals surface area contributed by atoms with Crippen molar-refractivity contribution in [2.45, 2.75) is 45.2 Å². The molecule has 1 fully saturated rings. The fraction of sp³-hybridized carbons (Fsp3) is 0.588. The minimum absolute atomic E-state index is 0.0263. The minimum Gasteiger partial charge on any atom is -0.347 e. The molecule has 1 heterocycles. The molecule has 0 spiro atoms. The van der Waals surface area contributed by atoms with E-state index in [1.54, 1.807) is 6.07 Å². The van der Waals surface area contributed by atoms with E-state index in [4.69, 9.17) is 23.2 Å². The van der Waals surface area contributed by atoms with Crippen LogP contribution in [-0.2, 0) is 10.3 Å². The van der Waals surface area contributed by atoms with Crippen LogP contribution in [0.2, 0.25) is 10.0 Å². The average Bonchev–Trinajstić information content (AvgIpc) is 2.44. The first-order valence-corrected chi connectivity index (χ1v) is 8.44. The Morgan fingerprint density at radius 3 is 2.64 bits per heavy atom. The largest absolute Gasteiger partial charge is 0.347 e. The van der Waals surface area contributed by atoms with Gasteiger partial charge in [0.1, 0.15) is 0 Å². The fourth-order valence-corrected chi connectivity index (χ4v) is 3.50. The van der Waals surface area contributed by atoms with E-state index in [1.165, 1.54) is 0 Å². The van der Waals surface area contributed by atoms with Crippen molar-refractivity contribution >= 4 is 29.1 Å². The molecule has 1 amide bonds. The Morgan fingerprint density at radius 2 is 2.00 bits per heavy atom. The zero-order valence-corrected chi connectivity index (χ0v) is 15.1. The van der Waals surface area contributed by atoms with Gasteiger partial charge in [-0.1, -0.05) is 35.3 Å². The number of rotatable bonds is 3. The molecule has 2 rings (SSSR count). The highest BCUT2D eigenvalue weighted by Gasteiger charge is 2.32. The number of amides is 1. The summed E-state index contributed by atoms with van der Waals surface area (Å²) in [4.78, 5) is 14.9. The zero-order valence-electron chi connectivity index (χ0n) is 13.6. The summed E-state index contributed by atoms with van der Waals surface area (Å²) in [6, 6.07) is 6.05. The zero-order chi connectivity index (χ0) is 16.5. The summed E-state index contributed by atoms with van der Waals surface area (Å²) in [6.07, 6.45) is 1.98. The van der Waals surface area contributed by atoms with Crippen molar-refractivity contribution in [1.29, 1.82) is 0 Å². The van der Waals surface area contributed by atoms with E-state index < -0.39 is 5.54 Å². The molecule has 0 aromatic heterocycles. The molecule has 0 saturated carbocycles. The van der Waals surface area contributed by atoms with Gasteiger partial charge in [0.25, 0.3) is 0 Å². The van der Waals surface area contributed by atoms with E-state index in [0.717, 1.165) is 24.9 Å². The smallest absolute Gasteiger partial charge is 0.225 e. The summed E-state index contributed by atoms with van der Waals surface area (Å²) in [7, 11) is 2.07. The van der Waals surface area contributed by atoms with Crippen LogP contribution in [0.25, 0.3) is 0 Å². The number of hydrogen-bond donors (Lipinski definition) is 1. The molecule has 122 valence electrons. The Labute approximate surface area is 143 Å². The van der Waals surface area contributed by atoms with Crippen LogP contribution in [0.3, 0.4) is 0 Å². The fourth-order valence-electron chi connectivity index (χ4n) is 2.96. The first kappa shape index (κ1) is 17.6. The van der Waals surface area contributed by atoms with Crippen LogP contribution in [0.1, 0.15) is 39.2 Å². The summed E-state index contributed by atoms with van der Waals surface area (Å²) in [5.41, 5.74) is 0.285. The average molecular weight is 343 g/mol. The molecule has 1 aromatic rings. The predicted molar refractivity (Wildman–Crippen MR) is 92.4 cm³/mol. The number of halogens is 2. The normalized spacial score (nSPS) is 23.4. The van der Waals surface area contributed by atoms with E-state index in [1.807, 2.05) is 26.0 Å². The van der Waals surface area contributed by atoms with Crippen LogP contribution in [-0.4, -0.2) is 30.4 Å². The lowest BCUT2D eigenvalue weighted by Gasteiger charge is -2.36. The van der Waals surface area contributed by atoms with Crippen LogP contribution in [0.15, 0.2) is 18.2 Å². The summed E-state index contributed by atoms with van der Waals surface area (Å²) in [6.45, 7) is 6.91. The lowest BCUT2D eigenvalue weighted by Crippen LogP contribution is -2.49. The first-order valence-electron chi connectivity index (χ1n) is 7.69. The van der Waals surface area contributed by atoms with Crippen molar-refractivity contribution in [2.24, 2.45) is 5.92 Å². The maximum atomic E-state index is 12.6. The molecule has 0 radical (unpaired) electrons. The number of nitrogens with zero attached hydrogens (tertiary/aromatic N) is 1. The van der Waals surface area contributed by atoms with Gasteiger partial charge in [-0.3, -0.25) is 4.79 Å². The Balaban J connectivity index is 2.11. The van der Waals surface area contributed by atoms with Gasteiger partial charge in [0, 0.05) is 12.6 Å². The minimum atomic E-state index is -0.555. The third-order valence-corrected chi connectivity index (χ3v) is 5.44. The highest BCUT2D eigenvalue weighted by atomic mass is 35.5. The van der Waals surface area contributed by atoms with Crippen molar-refractivity contribution in [3.8, 4) is 0 Å². The molecule has 1 N–H and O–H groups in total. The van der Waals surface area contributed by atoms with Gasteiger partial charge in [-0.15, -0.1) is 0 Å². The molecule has 1 aromatic carbocycles.